The number of aryl methyl sites for hydroxylation is 1. The molecule has 0 fully saturated rings. The van der Waals surface area contributed by atoms with Gasteiger partial charge in [-0.2, -0.15) is 0 Å². The van der Waals surface area contributed by atoms with Gasteiger partial charge in [-0.15, -0.1) is 0 Å². The van der Waals surface area contributed by atoms with Gasteiger partial charge in [0.2, 0.25) is 5.88 Å². The molecule has 32 heavy (non-hydrogen) atoms. The van der Waals surface area contributed by atoms with Crippen molar-refractivity contribution in [2.75, 3.05) is 20.7 Å². The average molecular weight is 434 g/mol. The number of benzene rings is 1. The van der Waals surface area contributed by atoms with Crippen LogP contribution in [0.4, 0.5) is 0 Å². The second-order valence-corrected chi connectivity index (χ2v) is 7.36. The molecule has 1 atom stereocenters. The van der Waals surface area contributed by atoms with Crippen molar-refractivity contribution in [1.29, 1.82) is 0 Å². The summed E-state index contributed by atoms with van der Waals surface area (Å²) in [6, 6.07) is 16.5. The van der Waals surface area contributed by atoms with Gasteiger partial charge in [0, 0.05) is 31.9 Å². The summed E-state index contributed by atoms with van der Waals surface area (Å²) in [5, 5.41) is 2.89. The summed E-state index contributed by atoms with van der Waals surface area (Å²) in [6.45, 7) is 2.13. The van der Waals surface area contributed by atoms with E-state index in [1.54, 1.807) is 49.3 Å². The summed E-state index contributed by atoms with van der Waals surface area (Å²) in [5.41, 5.74) is 1.74. The van der Waals surface area contributed by atoms with Crippen molar-refractivity contribution in [3.8, 4) is 5.88 Å². The molecule has 3 aromatic rings. The Balaban J connectivity index is 1.69. The van der Waals surface area contributed by atoms with E-state index in [0.29, 0.717) is 36.8 Å². The molecule has 0 aliphatic rings. The first-order valence-corrected chi connectivity index (χ1v) is 10.4. The van der Waals surface area contributed by atoms with Gasteiger partial charge in [-0.3, -0.25) is 9.59 Å². The summed E-state index contributed by atoms with van der Waals surface area (Å²) >= 11 is 0. The average Bonchev–Trinajstić information content (AvgIpc) is 2.83. The highest BCUT2D eigenvalue weighted by Gasteiger charge is 2.23. The van der Waals surface area contributed by atoms with Crippen LogP contribution in [-0.4, -0.2) is 58.4 Å². The molecule has 0 saturated heterocycles. The van der Waals surface area contributed by atoms with Crippen LogP contribution in [0, 0.1) is 6.92 Å². The van der Waals surface area contributed by atoms with E-state index in [0.717, 1.165) is 5.56 Å². The molecule has 0 aliphatic heterocycles. The maximum Gasteiger partial charge on any atom is 0.272 e. The lowest BCUT2D eigenvalue weighted by Crippen LogP contribution is -2.41. The maximum atomic E-state index is 13.0. The molecule has 166 valence electrons. The topological polar surface area (TPSA) is 97.3 Å². The molecular formula is C24H27N5O3. The van der Waals surface area contributed by atoms with Crippen LogP contribution in [0.2, 0.25) is 0 Å². The number of nitrogens with zero attached hydrogens (tertiary/aromatic N) is 4. The third-order valence-electron chi connectivity index (χ3n) is 5.11. The highest BCUT2D eigenvalue weighted by atomic mass is 16.5. The highest BCUT2D eigenvalue weighted by Crippen LogP contribution is 2.14. The third kappa shape index (κ3) is 6.10. The monoisotopic (exact) mass is 433 g/mol. The number of aromatic nitrogens is 3. The molecule has 0 saturated carbocycles. The first-order valence-electron chi connectivity index (χ1n) is 10.4. The number of carbonyl (C=O) groups excluding carboxylic acids is 2. The van der Waals surface area contributed by atoms with Gasteiger partial charge in [-0.25, -0.2) is 15.0 Å². The molecule has 0 spiro atoms. The second kappa shape index (κ2) is 11.0. The number of pyridine rings is 1. The number of ether oxygens (including phenoxy) is 1. The fraction of sp³-hybridized carbons (Fsp3) is 0.292. The summed E-state index contributed by atoms with van der Waals surface area (Å²) in [6.07, 6.45) is 2.80. The first kappa shape index (κ1) is 22.9. The van der Waals surface area contributed by atoms with Crippen LogP contribution in [-0.2, 0) is 6.42 Å². The predicted molar refractivity (Wildman–Crippen MR) is 121 cm³/mol. The van der Waals surface area contributed by atoms with Crippen LogP contribution in [0.5, 0.6) is 5.88 Å². The van der Waals surface area contributed by atoms with Crippen molar-refractivity contribution in [2.45, 2.75) is 25.8 Å². The Kier molecular flexibility index (Phi) is 7.85. The van der Waals surface area contributed by atoms with Gasteiger partial charge in [0.15, 0.2) is 0 Å². The van der Waals surface area contributed by atoms with Gasteiger partial charge in [-0.1, -0.05) is 36.4 Å². The van der Waals surface area contributed by atoms with Gasteiger partial charge in [-0.05, 0) is 37.5 Å². The third-order valence-corrected chi connectivity index (χ3v) is 5.11. The van der Waals surface area contributed by atoms with E-state index in [2.05, 4.69) is 20.3 Å². The van der Waals surface area contributed by atoms with Crippen molar-refractivity contribution in [3.63, 3.8) is 0 Å². The molecule has 8 heteroatoms. The standard InChI is InChI=1S/C24H27N5O3/c1-17-25-15-13-21(27-17)24(31)29(2)19(16-18-8-5-4-6-9-18)12-14-26-23(30)20-10-7-11-22(28-20)32-3/h4-11,13,15,19H,12,14,16H2,1-3H3,(H,26,30)/t19-/m1/s1. The van der Waals surface area contributed by atoms with Crippen LogP contribution >= 0.6 is 0 Å². The Hall–Kier alpha value is -3.81. The van der Waals surface area contributed by atoms with Crippen LogP contribution in [0.25, 0.3) is 0 Å². The van der Waals surface area contributed by atoms with E-state index >= 15 is 0 Å². The number of rotatable bonds is 9. The van der Waals surface area contributed by atoms with E-state index < -0.39 is 0 Å². The smallest absolute Gasteiger partial charge is 0.272 e. The summed E-state index contributed by atoms with van der Waals surface area (Å²) in [7, 11) is 3.27. The molecule has 3 rings (SSSR count). The van der Waals surface area contributed by atoms with Gasteiger partial charge >= 0.3 is 0 Å². The Morgan fingerprint density at radius 3 is 2.53 bits per heavy atom. The second-order valence-electron chi connectivity index (χ2n) is 7.36. The molecular weight excluding hydrogens is 406 g/mol. The lowest BCUT2D eigenvalue weighted by Gasteiger charge is -2.28. The van der Waals surface area contributed by atoms with Crippen LogP contribution in [0.1, 0.15) is 38.8 Å². The lowest BCUT2D eigenvalue weighted by atomic mass is 10.0. The summed E-state index contributed by atoms with van der Waals surface area (Å²) < 4.78 is 5.08. The van der Waals surface area contributed by atoms with E-state index in [-0.39, 0.29) is 23.6 Å². The number of hydrogen-bond acceptors (Lipinski definition) is 6. The minimum Gasteiger partial charge on any atom is -0.481 e. The minimum atomic E-state index is -0.289. The van der Waals surface area contributed by atoms with Gasteiger partial charge < -0.3 is 15.0 Å². The first-order chi connectivity index (χ1) is 15.5. The number of nitrogens with one attached hydrogen (secondary N) is 1. The molecule has 0 bridgehead atoms. The van der Waals surface area contributed by atoms with Crippen LogP contribution in [0.15, 0.2) is 60.8 Å². The fourth-order valence-corrected chi connectivity index (χ4v) is 3.34. The number of amides is 2. The Morgan fingerprint density at radius 1 is 1.03 bits per heavy atom. The molecule has 1 N–H and O–H groups in total. The molecule has 2 heterocycles. The Bertz CT molecular complexity index is 1060. The van der Waals surface area contributed by atoms with E-state index in [1.165, 1.54) is 7.11 Å². The maximum absolute atomic E-state index is 13.0. The quantitative estimate of drug-likeness (QED) is 0.557. The van der Waals surface area contributed by atoms with E-state index in [4.69, 9.17) is 4.74 Å². The van der Waals surface area contributed by atoms with Crippen molar-refractivity contribution in [1.82, 2.24) is 25.2 Å². The largest absolute Gasteiger partial charge is 0.481 e. The SMILES string of the molecule is COc1cccc(C(=O)NCC[C@H](Cc2ccccc2)N(C)C(=O)c2ccnc(C)n2)n1. The molecule has 1 aromatic carbocycles. The van der Waals surface area contributed by atoms with Crippen molar-refractivity contribution < 1.29 is 14.3 Å². The van der Waals surface area contributed by atoms with Crippen molar-refractivity contribution >= 4 is 11.8 Å². The molecule has 2 aromatic heterocycles. The van der Waals surface area contributed by atoms with Gasteiger partial charge in [0.05, 0.1) is 7.11 Å². The van der Waals surface area contributed by atoms with Crippen molar-refractivity contribution in [2.24, 2.45) is 0 Å². The van der Waals surface area contributed by atoms with Crippen LogP contribution in [0.3, 0.4) is 0 Å². The van der Waals surface area contributed by atoms with Crippen molar-refractivity contribution in [3.05, 3.63) is 83.6 Å². The zero-order chi connectivity index (χ0) is 22.9. The lowest BCUT2D eigenvalue weighted by molar-refractivity contribution is 0.0716. The number of carbonyl (C=O) groups is 2. The Morgan fingerprint density at radius 2 is 1.81 bits per heavy atom. The zero-order valence-electron chi connectivity index (χ0n) is 18.5. The van der Waals surface area contributed by atoms with Gasteiger partial charge in [0.1, 0.15) is 17.2 Å². The zero-order valence-corrected chi connectivity index (χ0v) is 18.5. The molecule has 2 amide bonds. The molecule has 0 radical (unpaired) electrons. The Labute approximate surface area is 187 Å². The highest BCUT2D eigenvalue weighted by molar-refractivity contribution is 5.93. The predicted octanol–water partition coefficient (Wildman–Crippen LogP) is 2.69. The molecule has 0 unspecified atom stereocenters. The summed E-state index contributed by atoms with van der Waals surface area (Å²) in [4.78, 5) is 39.7. The number of likely N-dealkylation sites (N-methyl/N-ethyl adjacent to an activating group) is 1. The minimum absolute atomic E-state index is 0.140. The normalized spacial score (nSPS) is 11.5. The van der Waals surface area contributed by atoms with E-state index in [1.807, 2.05) is 30.3 Å². The molecule has 8 nitrogen and oxygen atoms in total. The fourth-order valence-electron chi connectivity index (χ4n) is 3.34. The number of hydrogen-bond donors (Lipinski definition) is 1. The van der Waals surface area contributed by atoms with Crippen LogP contribution < -0.4 is 10.1 Å². The van der Waals surface area contributed by atoms with E-state index in [9.17, 15) is 9.59 Å². The summed E-state index contributed by atoms with van der Waals surface area (Å²) in [5.74, 6) is 0.451. The van der Waals surface area contributed by atoms with Gasteiger partial charge in [0.25, 0.3) is 11.8 Å². The number of methoxy groups -OCH3 is 1. The molecule has 0 aliphatic carbocycles.